The first-order valence-electron chi connectivity index (χ1n) is 6.93. The summed E-state index contributed by atoms with van der Waals surface area (Å²) in [6.45, 7) is 1.90. The molecule has 1 N–H and O–H groups in total. The summed E-state index contributed by atoms with van der Waals surface area (Å²) in [7, 11) is 0. The Kier molecular flexibility index (Phi) is 4.21. The molecule has 0 radical (unpaired) electrons. The first kappa shape index (κ1) is 14.5. The second kappa shape index (κ2) is 6.11. The Labute approximate surface area is 122 Å². The molecule has 0 aliphatic carbocycles. The number of hydrogen-bond donors (Lipinski definition) is 1. The summed E-state index contributed by atoms with van der Waals surface area (Å²) in [4.78, 5) is 11.2. The fraction of sp³-hybridized carbons (Fsp3) is 0.533. The minimum Gasteiger partial charge on any atom is -0.457 e. The fourth-order valence-electron chi connectivity index (χ4n) is 2.62. The van der Waals surface area contributed by atoms with Gasteiger partial charge in [0, 0.05) is 6.92 Å². The highest BCUT2D eigenvalue weighted by Gasteiger charge is 2.52. The van der Waals surface area contributed by atoms with Crippen LogP contribution in [0, 0.1) is 0 Å². The molecular weight excluding hydrogens is 276 g/mol. The predicted molar refractivity (Wildman–Crippen MR) is 71.2 cm³/mol. The van der Waals surface area contributed by atoms with Crippen LogP contribution in [-0.2, 0) is 30.3 Å². The van der Waals surface area contributed by atoms with E-state index in [1.165, 1.54) is 6.92 Å². The van der Waals surface area contributed by atoms with Crippen LogP contribution in [0.25, 0.3) is 0 Å². The zero-order valence-electron chi connectivity index (χ0n) is 11.7. The van der Waals surface area contributed by atoms with Gasteiger partial charge in [0.05, 0.1) is 13.2 Å². The third-order valence-electron chi connectivity index (χ3n) is 3.63. The molecule has 2 heterocycles. The standard InChI is InChI=1S/C15H18O6/c1-9(16)20-13-12(17)11-8-19-15(21-11)14(13)18-7-10-5-3-2-4-6-10/h2-6,11-15,17H,7-8H2,1H3/t11-,12-,13+,14-,15-/m1/s1. The van der Waals surface area contributed by atoms with Crippen molar-refractivity contribution < 1.29 is 28.8 Å². The van der Waals surface area contributed by atoms with E-state index >= 15 is 0 Å². The molecule has 5 atom stereocenters. The molecule has 1 aromatic rings. The molecule has 0 aromatic heterocycles. The van der Waals surface area contributed by atoms with Crippen molar-refractivity contribution >= 4 is 5.97 Å². The summed E-state index contributed by atoms with van der Waals surface area (Å²) < 4.78 is 22.0. The number of fused-ring (bicyclic) bond motifs is 2. The molecule has 0 saturated carbocycles. The number of ether oxygens (including phenoxy) is 4. The summed E-state index contributed by atoms with van der Waals surface area (Å²) in [5, 5.41) is 10.2. The van der Waals surface area contributed by atoms with Crippen LogP contribution in [0.5, 0.6) is 0 Å². The lowest BCUT2D eigenvalue weighted by atomic mass is 10.0. The third-order valence-corrected chi connectivity index (χ3v) is 3.63. The van der Waals surface area contributed by atoms with Gasteiger partial charge in [-0.05, 0) is 5.56 Å². The van der Waals surface area contributed by atoms with Crippen LogP contribution in [0.4, 0.5) is 0 Å². The quantitative estimate of drug-likeness (QED) is 0.821. The second-order valence-electron chi connectivity index (χ2n) is 5.20. The Bertz CT molecular complexity index is 490. The van der Waals surface area contributed by atoms with E-state index in [1.807, 2.05) is 30.3 Å². The highest BCUT2D eigenvalue weighted by molar-refractivity contribution is 5.66. The molecule has 0 unspecified atom stereocenters. The van der Waals surface area contributed by atoms with Gasteiger partial charge >= 0.3 is 5.97 Å². The topological polar surface area (TPSA) is 74.2 Å². The summed E-state index contributed by atoms with van der Waals surface area (Å²) in [6.07, 6.45) is -3.48. The van der Waals surface area contributed by atoms with E-state index < -0.39 is 36.7 Å². The highest BCUT2D eigenvalue weighted by atomic mass is 16.8. The molecular formula is C15H18O6. The van der Waals surface area contributed by atoms with Crippen molar-refractivity contribution in [2.45, 2.75) is 44.2 Å². The van der Waals surface area contributed by atoms with Gasteiger partial charge < -0.3 is 24.1 Å². The van der Waals surface area contributed by atoms with Crippen LogP contribution in [0.15, 0.2) is 30.3 Å². The number of benzene rings is 1. The average molecular weight is 294 g/mol. The van der Waals surface area contributed by atoms with Crippen molar-refractivity contribution in [3.63, 3.8) is 0 Å². The maximum absolute atomic E-state index is 11.2. The summed E-state index contributed by atoms with van der Waals surface area (Å²) in [5.41, 5.74) is 0.980. The van der Waals surface area contributed by atoms with Gasteiger partial charge in [0.1, 0.15) is 18.3 Å². The number of carbonyl (C=O) groups excluding carboxylic acids is 1. The first-order valence-corrected chi connectivity index (χ1v) is 6.93. The Hall–Kier alpha value is -1.47. The van der Waals surface area contributed by atoms with Crippen LogP contribution in [-0.4, -0.2) is 48.4 Å². The van der Waals surface area contributed by atoms with E-state index in [9.17, 15) is 9.90 Å². The van der Waals surface area contributed by atoms with E-state index in [0.29, 0.717) is 6.61 Å². The van der Waals surface area contributed by atoms with E-state index in [4.69, 9.17) is 18.9 Å². The average Bonchev–Trinajstić information content (AvgIpc) is 2.91. The number of aliphatic hydroxyl groups is 1. The van der Waals surface area contributed by atoms with Crippen LogP contribution >= 0.6 is 0 Å². The second-order valence-corrected chi connectivity index (χ2v) is 5.20. The summed E-state index contributed by atoms with van der Waals surface area (Å²) >= 11 is 0. The van der Waals surface area contributed by atoms with Crippen molar-refractivity contribution in [1.82, 2.24) is 0 Å². The summed E-state index contributed by atoms with van der Waals surface area (Å²) in [5.74, 6) is -0.464. The van der Waals surface area contributed by atoms with Gasteiger partial charge in [-0.1, -0.05) is 30.3 Å². The van der Waals surface area contributed by atoms with Gasteiger partial charge in [-0.2, -0.15) is 0 Å². The molecule has 0 amide bonds. The van der Waals surface area contributed by atoms with Crippen LogP contribution in [0.2, 0.25) is 0 Å². The van der Waals surface area contributed by atoms with Crippen molar-refractivity contribution in [3.05, 3.63) is 35.9 Å². The van der Waals surface area contributed by atoms with Gasteiger partial charge in [-0.25, -0.2) is 0 Å². The summed E-state index contributed by atoms with van der Waals surface area (Å²) in [6, 6.07) is 9.61. The maximum atomic E-state index is 11.2. The number of aliphatic hydroxyl groups excluding tert-OH is 1. The minimum atomic E-state index is -0.951. The lowest BCUT2D eigenvalue weighted by Crippen LogP contribution is -2.56. The minimum absolute atomic E-state index is 0.273. The van der Waals surface area contributed by atoms with E-state index in [0.717, 1.165) is 5.56 Å². The molecule has 2 bridgehead atoms. The molecule has 2 saturated heterocycles. The van der Waals surface area contributed by atoms with Gasteiger partial charge in [-0.15, -0.1) is 0 Å². The largest absolute Gasteiger partial charge is 0.457 e. The zero-order chi connectivity index (χ0) is 14.8. The molecule has 2 aliphatic heterocycles. The van der Waals surface area contributed by atoms with E-state index in [-0.39, 0.29) is 6.61 Å². The molecule has 21 heavy (non-hydrogen) atoms. The smallest absolute Gasteiger partial charge is 0.303 e. The van der Waals surface area contributed by atoms with E-state index in [2.05, 4.69) is 0 Å². The Balaban J connectivity index is 1.71. The first-order chi connectivity index (χ1) is 10.1. The van der Waals surface area contributed by atoms with Crippen LogP contribution in [0.1, 0.15) is 12.5 Å². The van der Waals surface area contributed by atoms with Gasteiger partial charge in [0.15, 0.2) is 12.4 Å². The maximum Gasteiger partial charge on any atom is 0.303 e. The number of hydrogen-bond acceptors (Lipinski definition) is 6. The SMILES string of the molecule is CC(=O)O[C@H]1[C@H](O)[C@H]2CO[C@H](O2)[C@@H]1OCc1ccccc1. The lowest BCUT2D eigenvalue weighted by molar-refractivity contribution is -0.252. The highest BCUT2D eigenvalue weighted by Crippen LogP contribution is 2.32. The van der Waals surface area contributed by atoms with E-state index in [1.54, 1.807) is 0 Å². The number of esters is 1. The molecule has 6 heteroatoms. The molecule has 3 rings (SSSR count). The van der Waals surface area contributed by atoms with Crippen molar-refractivity contribution in [2.75, 3.05) is 6.61 Å². The molecule has 2 aliphatic rings. The van der Waals surface area contributed by atoms with Gasteiger partial charge in [0.25, 0.3) is 0 Å². The Morgan fingerprint density at radius 1 is 1.33 bits per heavy atom. The number of carbonyl (C=O) groups is 1. The molecule has 114 valence electrons. The fourth-order valence-corrected chi connectivity index (χ4v) is 2.62. The Morgan fingerprint density at radius 3 is 2.81 bits per heavy atom. The van der Waals surface area contributed by atoms with Crippen LogP contribution in [0.3, 0.4) is 0 Å². The monoisotopic (exact) mass is 294 g/mol. The Morgan fingerprint density at radius 2 is 2.10 bits per heavy atom. The molecule has 2 fully saturated rings. The third kappa shape index (κ3) is 3.08. The van der Waals surface area contributed by atoms with Gasteiger partial charge in [0.2, 0.25) is 0 Å². The van der Waals surface area contributed by atoms with Crippen molar-refractivity contribution in [2.24, 2.45) is 0 Å². The van der Waals surface area contributed by atoms with Crippen molar-refractivity contribution in [1.29, 1.82) is 0 Å². The normalized spacial score (nSPS) is 34.7. The molecule has 1 aromatic carbocycles. The van der Waals surface area contributed by atoms with Crippen molar-refractivity contribution in [3.8, 4) is 0 Å². The molecule has 6 nitrogen and oxygen atoms in total. The van der Waals surface area contributed by atoms with Crippen LogP contribution < -0.4 is 0 Å². The molecule has 0 spiro atoms. The lowest BCUT2D eigenvalue weighted by Gasteiger charge is -2.37. The zero-order valence-corrected chi connectivity index (χ0v) is 11.7. The van der Waals surface area contributed by atoms with Gasteiger partial charge in [-0.3, -0.25) is 4.79 Å². The number of rotatable bonds is 4. The predicted octanol–water partition coefficient (Wildman–Crippen LogP) is 0.619.